The van der Waals surface area contributed by atoms with E-state index >= 15 is 0 Å². The Bertz CT molecular complexity index is 1150. The average molecular weight is 608 g/mol. The van der Waals surface area contributed by atoms with E-state index in [4.69, 9.17) is 16.3 Å². The molecule has 11 nitrogen and oxygen atoms in total. The fraction of sp³-hybridized carbons (Fsp3) is 0.577. The van der Waals surface area contributed by atoms with Crippen molar-refractivity contribution in [3.8, 4) is 0 Å². The second-order valence-corrected chi connectivity index (χ2v) is 11.9. The summed E-state index contributed by atoms with van der Waals surface area (Å²) < 4.78 is 39.9. The van der Waals surface area contributed by atoms with Crippen LogP contribution >= 0.6 is 11.6 Å². The van der Waals surface area contributed by atoms with E-state index < -0.39 is 45.6 Å². The third kappa shape index (κ3) is 11.3. The monoisotopic (exact) mass is 607 g/mol. The normalized spacial score (nSPS) is 20.2. The molecular weight excluding hydrogens is 573 g/mol. The summed E-state index contributed by atoms with van der Waals surface area (Å²) in [5, 5.41) is 18.3. The number of ether oxygens (including phenoxy) is 1. The molecular formula is C26H35ClN3NaO8S. The first-order valence-corrected chi connectivity index (χ1v) is 14.9. The molecule has 1 aromatic carbocycles. The van der Waals surface area contributed by atoms with Crippen LogP contribution in [0.15, 0.2) is 30.3 Å². The first-order valence-electron chi connectivity index (χ1n) is 13.1. The Hall–Kier alpha value is -1.67. The molecule has 1 aliphatic carbocycles. The van der Waals surface area contributed by atoms with Crippen molar-refractivity contribution in [3.05, 3.63) is 40.9 Å². The minimum Gasteiger partial charge on any atom is -0.746 e. The molecule has 1 saturated heterocycles. The van der Waals surface area contributed by atoms with Crippen LogP contribution < -0.4 is 45.5 Å². The second-order valence-electron chi connectivity index (χ2n) is 10.0. The first-order chi connectivity index (χ1) is 18.5. The van der Waals surface area contributed by atoms with Gasteiger partial charge in [0.1, 0.15) is 22.8 Å². The van der Waals surface area contributed by atoms with Crippen LogP contribution in [0.1, 0.15) is 56.9 Å². The van der Waals surface area contributed by atoms with Crippen LogP contribution in [-0.2, 0) is 24.4 Å². The van der Waals surface area contributed by atoms with Crippen LogP contribution in [0.3, 0.4) is 0 Å². The maximum atomic E-state index is 13.3. The zero-order valence-electron chi connectivity index (χ0n) is 22.5. The van der Waals surface area contributed by atoms with Gasteiger partial charge in [-0.1, -0.05) is 61.9 Å². The Morgan fingerprint density at radius 1 is 1.18 bits per heavy atom. The summed E-state index contributed by atoms with van der Waals surface area (Å²) in [6.45, 7) is 0.288. The topological polar surface area (TPSA) is 174 Å². The van der Waals surface area contributed by atoms with Gasteiger partial charge in [0.05, 0.1) is 6.04 Å². The molecule has 14 heteroatoms. The smallest absolute Gasteiger partial charge is 0.746 e. The fourth-order valence-corrected chi connectivity index (χ4v) is 5.78. The molecule has 0 aromatic heterocycles. The van der Waals surface area contributed by atoms with Gasteiger partial charge >= 0.3 is 35.7 Å². The molecule has 216 valence electrons. The van der Waals surface area contributed by atoms with E-state index in [0.717, 1.165) is 37.7 Å². The van der Waals surface area contributed by atoms with Gasteiger partial charge in [-0.15, -0.1) is 0 Å². The van der Waals surface area contributed by atoms with Gasteiger partial charge in [0, 0.05) is 17.5 Å². The van der Waals surface area contributed by atoms with Gasteiger partial charge in [-0.25, -0.2) is 13.2 Å². The number of rotatable bonds is 12. The minimum absolute atomic E-state index is 0. The van der Waals surface area contributed by atoms with Gasteiger partial charge in [0.15, 0.2) is 5.44 Å². The molecule has 1 aromatic rings. The minimum atomic E-state index is -5.19. The summed E-state index contributed by atoms with van der Waals surface area (Å²) in [5.41, 5.74) is -1.64. The van der Waals surface area contributed by atoms with Crippen LogP contribution in [0, 0.1) is 11.8 Å². The van der Waals surface area contributed by atoms with Crippen molar-refractivity contribution in [2.24, 2.45) is 11.8 Å². The Morgan fingerprint density at radius 2 is 1.90 bits per heavy atom. The fourth-order valence-electron chi connectivity index (χ4n) is 5.00. The van der Waals surface area contributed by atoms with Gasteiger partial charge < -0.3 is 30.3 Å². The third-order valence-electron chi connectivity index (χ3n) is 7.04. The molecule has 40 heavy (non-hydrogen) atoms. The van der Waals surface area contributed by atoms with Crippen LogP contribution in [0.4, 0.5) is 4.79 Å². The number of halogens is 1. The van der Waals surface area contributed by atoms with Crippen molar-refractivity contribution in [2.45, 2.75) is 68.9 Å². The number of aliphatic hydroxyl groups is 1. The summed E-state index contributed by atoms with van der Waals surface area (Å²) in [6.07, 6.45) is 7.68. The quantitative estimate of drug-likeness (QED) is 0.178. The van der Waals surface area contributed by atoms with Crippen LogP contribution in [0.2, 0.25) is 5.02 Å². The summed E-state index contributed by atoms with van der Waals surface area (Å²) in [7, 11) is -5.19. The molecule has 0 radical (unpaired) electrons. The van der Waals surface area contributed by atoms with E-state index in [2.05, 4.69) is 16.0 Å². The molecule has 1 saturated carbocycles. The predicted octanol–water partition coefficient (Wildman–Crippen LogP) is -0.703. The summed E-state index contributed by atoms with van der Waals surface area (Å²) >= 11 is 5.96. The Labute approximate surface area is 261 Å². The first kappa shape index (κ1) is 34.5. The molecule has 2 aliphatic rings. The number of aliphatic hydroxyl groups excluding tert-OH is 1. The van der Waals surface area contributed by atoms with E-state index in [1.807, 2.05) is 6.07 Å². The Morgan fingerprint density at radius 3 is 2.52 bits per heavy atom. The van der Waals surface area contributed by atoms with Crippen LogP contribution in [0.25, 0.3) is 6.08 Å². The van der Waals surface area contributed by atoms with Gasteiger partial charge in [-0.2, -0.15) is 0 Å². The number of carbonyl (C=O) groups excluding carboxylic acids is 3. The maximum Gasteiger partial charge on any atom is 1.00 e. The number of benzene rings is 1. The summed E-state index contributed by atoms with van der Waals surface area (Å²) in [5.74, 6) is -1.65. The molecule has 1 aliphatic heterocycles. The van der Waals surface area contributed by atoms with Crippen molar-refractivity contribution >= 4 is 45.7 Å². The van der Waals surface area contributed by atoms with Gasteiger partial charge in [-0.05, 0) is 49.0 Å². The average Bonchev–Trinajstić information content (AvgIpc) is 3.29. The summed E-state index contributed by atoms with van der Waals surface area (Å²) in [6, 6.07) is 4.46. The van der Waals surface area contributed by atoms with E-state index in [1.54, 1.807) is 30.4 Å². The number of amides is 3. The number of carbonyl (C=O) groups is 3. The number of nitrogens with one attached hydrogen (secondary N) is 3. The molecule has 3 amide bonds. The standard InChI is InChI=1S/C26H36ClN3O8S.Na/c27-20-10-4-8-17(14-20)9-5-13-38-26(34)30-21(15-18-6-2-1-3-7-18)24(32)29-22(25(33)39(35,36)37)16-19-11-12-28-23(19)31;/h4-5,8-10,14,18-19,21-22,25,33H,1-3,6-7,11-13,15-16H2,(H,28,31)(H,29,32)(H,30,34)(H,35,36,37);/q;+1/p-1/b9-5+;/t19-,21-,22-,25?;/m0./s1. The Kier molecular flexibility index (Phi) is 14.4. The number of hydrogen-bond acceptors (Lipinski definition) is 8. The van der Waals surface area contributed by atoms with Gasteiger partial charge in [0.25, 0.3) is 0 Å². The van der Waals surface area contributed by atoms with Crippen molar-refractivity contribution in [3.63, 3.8) is 0 Å². The molecule has 0 spiro atoms. The number of hydrogen-bond donors (Lipinski definition) is 4. The molecule has 3 rings (SSSR count). The van der Waals surface area contributed by atoms with Crippen LogP contribution in [-0.4, -0.2) is 66.7 Å². The molecule has 4 N–H and O–H groups in total. The molecule has 2 fully saturated rings. The van der Waals surface area contributed by atoms with Crippen molar-refractivity contribution in [1.29, 1.82) is 0 Å². The predicted molar refractivity (Wildman–Crippen MR) is 143 cm³/mol. The third-order valence-corrected chi connectivity index (χ3v) is 8.20. The van der Waals surface area contributed by atoms with Gasteiger partial charge in [-0.3, -0.25) is 9.59 Å². The van der Waals surface area contributed by atoms with Crippen LogP contribution in [0.5, 0.6) is 0 Å². The zero-order chi connectivity index (χ0) is 28.4. The second kappa shape index (κ2) is 16.7. The molecule has 0 bridgehead atoms. The number of alkyl carbamates (subject to hydrolysis) is 1. The van der Waals surface area contributed by atoms with Gasteiger partial charge in [0.2, 0.25) is 11.8 Å². The van der Waals surface area contributed by atoms with Crippen molar-refractivity contribution in [1.82, 2.24) is 16.0 Å². The van der Waals surface area contributed by atoms with Crippen molar-refractivity contribution in [2.75, 3.05) is 13.2 Å². The summed E-state index contributed by atoms with van der Waals surface area (Å²) in [4.78, 5) is 37.9. The van der Waals surface area contributed by atoms with E-state index in [9.17, 15) is 32.5 Å². The largest absolute Gasteiger partial charge is 1.00 e. The SMILES string of the molecule is O=C(N[C@@H](CC1CCCCC1)C(=O)N[C@@H](C[C@@H]1CCNC1=O)C(O)S(=O)(=O)[O-])OC/C=C/c1cccc(Cl)c1.[Na+]. The van der Waals surface area contributed by atoms with E-state index in [1.165, 1.54) is 0 Å². The molecule has 1 heterocycles. The molecule has 1 unspecified atom stereocenters. The zero-order valence-corrected chi connectivity index (χ0v) is 26.1. The maximum absolute atomic E-state index is 13.3. The molecule has 4 atom stereocenters. The van der Waals surface area contributed by atoms with E-state index in [-0.39, 0.29) is 60.8 Å². The Balaban J connectivity index is 0.00000560. The van der Waals surface area contributed by atoms with E-state index in [0.29, 0.717) is 18.0 Å². The van der Waals surface area contributed by atoms with Crippen molar-refractivity contribution < 1.29 is 66.8 Å².